The van der Waals surface area contributed by atoms with Crippen molar-refractivity contribution in [1.82, 2.24) is 14.8 Å². The Balaban J connectivity index is 2.14. The minimum Gasteiger partial charge on any atom is -0.240 e. The predicted molar refractivity (Wildman–Crippen MR) is 31.7 cm³/mol. The normalized spacial score (nSPS) is 19.6. The van der Waals surface area contributed by atoms with Gasteiger partial charge in [-0.25, -0.2) is 9.67 Å². The highest BCUT2D eigenvalue weighted by molar-refractivity contribution is 4.74. The van der Waals surface area contributed by atoms with Crippen LogP contribution in [0.1, 0.15) is 25.3 Å². The van der Waals surface area contributed by atoms with E-state index in [1.165, 1.54) is 19.3 Å². The van der Waals surface area contributed by atoms with Crippen LogP contribution < -0.4 is 0 Å². The molecule has 0 atom stereocenters. The molecular formula is C6H8N3. The quantitative estimate of drug-likeness (QED) is 0.551. The molecule has 0 bridgehead atoms. The van der Waals surface area contributed by atoms with Gasteiger partial charge in [0.05, 0.1) is 6.04 Å². The molecule has 1 aromatic heterocycles. The molecule has 1 fully saturated rings. The van der Waals surface area contributed by atoms with Crippen LogP contribution in [0.4, 0.5) is 0 Å². The van der Waals surface area contributed by atoms with Crippen LogP contribution in [0.3, 0.4) is 0 Å². The number of aromatic nitrogens is 3. The maximum atomic E-state index is 3.99. The summed E-state index contributed by atoms with van der Waals surface area (Å²) in [4.78, 5) is 3.75. The molecule has 0 spiro atoms. The molecule has 1 aromatic rings. The second-order valence-corrected chi connectivity index (χ2v) is 2.39. The van der Waals surface area contributed by atoms with E-state index in [1.807, 2.05) is 4.68 Å². The summed E-state index contributed by atoms with van der Waals surface area (Å²) >= 11 is 0. The third-order valence-electron chi connectivity index (χ3n) is 1.81. The van der Waals surface area contributed by atoms with Crippen molar-refractivity contribution in [2.45, 2.75) is 25.3 Å². The van der Waals surface area contributed by atoms with E-state index >= 15 is 0 Å². The van der Waals surface area contributed by atoms with E-state index in [-0.39, 0.29) is 0 Å². The fourth-order valence-electron chi connectivity index (χ4n) is 0.999. The molecule has 0 unspecified atom stereocenters. The van der Waals surface area contributed by atoms with Crippen LogP contribution in [0.25, 0.3) is 0 Å². The van der Waals surface area contributed by atoms with E-state index in [0.717, 1.165) is 0 Å². The minimum absolute atomic E-state index is 0.604. The topological polar surface area (TPSA) is 30.7 Å². The first-order chi connectivity index (χ1) is 4.47. The van der Waals surface area contributed by atoms with E-state index in [9.17, 15) is 0 Å². The molecule has 0 N–H and O–H groups in total. The van der Waals surface area contributed by atoms with E-state index in [4.69, 9.17) is 0 Å². The molecule has 1 heterocycles. The lowest BCUT2D eigenvalue weighted by molar-refractivity contribution is 0.287. The van der Waals surface area contributed by atoms with Gasteiger partial charge in [-0.3, -0.25) is 0 Å². The standard InChI is InChI=1S/C6H8N3/c1-2-6(3-1)9-5-7-4-8-9/h4,6H,1-3H2. The van der Waals surface area contributed by atoms with Crippen molar-refractivity contribution in [3.8, 4) is 0 Å². The second kappa shape index (κ2) is 1.83. The van der Waals surface area contributed by atoms with Crippen molar-refractivity contribution < 1.29 is 0 Å². The van der Waals surface area contributed by atoms with Crippen molar-refractivity contribution in [3.05, 3.63) is 12.7 Å². The minimum atomic E-state index is 0.604. The van der Waals surface area contributed by atoms with Gasteiger partial charge in [-0.05, 0) is 19.3 Å². The molecule has 3 heteroatoms. The molecule has 1 aliphatic rings. The van der Waals surface area contributed by atoms with E-state index in [2.05, 4.69) is 16.4 Å². The monoisotopic (exact) mass is 122 g/mol. The van der Waals surface area contributed by atoms with Crippen molar-refractivity contribution in [2.75, 3.05) is 0 Å². The van der Waals surface area contributed by atoms with E-state index < -0.39 is 0 Å². The van der Waals surface area contributed by atoms with Crippen molar-refractivity contribution in [3.63, 3.8) is 0 Å². The zero-order chi connectivity index (χ0) is 6.10. The van der Waals surface area contributed by atoms with Crippen molar-refractivity contribution in [1.29, 1.82) is 0 Å². The average molecular weight is 122 g/mol. The number of nitrogens with zero attached hydrogens (tertiary/aromatic N) is 3. The molecule has 9 heavy (non-hydrogen) atoms. The highest BCUT2D eigenvalue weighted by atomic mass is 15.3. The van der Waals surface area contributed by atoms with Gasteiger partial charge in [0.25, 0.3) is 0 Å². The van der Waals surface area contributed by atoms with Gasteiger partial charge in [-0.15, -0.1) is 0 Å². The molecule has 1 radical (unpaired) electrons. The first-order valence-electron chi connectivity index (χ1n) is 3.24. The zero-order valence-corrected chi connectivity index (χ0v) is 5.12. The van der Waals surface area contributed by atoms with Crippen LogP contribution in [-0.4, -0.2) is 14.8 Å². The summed E-state index contributed by atoms with van der Waals surface area (Å²) in [7, 11) is 0. The summed E-state index contributed by atoms with van der Waals surface area (Å²) < 4.78 is 1.82. The number of hydrogen-bond acceptors (Lipinski definition) is 2. The third kappa shape index (κ3) is 0.724. The lowest BCUT2D eigenvalue weighted by atomic mass is 9.94. The smallest absolute Gasteiger partial charge is 0.196 e. The van der Waals surface area contributed by atoms with Crippen molar-refractivity contribution in [2.24, 2.45) is 0 Å². The summed E-state index contributed by atoms with van der Waals surface area (Å²) in [6.45, 7) is 0. The van der Waals surface area contributed by atoms with Crippen LogP contribution in [0, 0.1) is 6.33 Å². The van der Waals surface area contributed by atoms with Gasteiger partial charge in [-0.2, -0.15) is 5.10 Å². The SMILES string of the molecule is [c]1ncnn1C1CCC1. The molecule has 0 amide bonds. The van der Waals surface area contributed by atoms with Gasteiger partial charge in [0, 0.05) is 0 Å². The lowest BCUT2D eigenvalue weighted by Crippen LogP contribution is -2.17. The lowest BCUT2D eigenvalue weighted by Gasteiger charge is -2.24. The number of rotatable bonds is 1. The van der Waals surface area contributed by atoms with E-state index in [1.54, 1.807) is 6.33 Å². The molecule has 0 aliphatic heterocycles. The summed E-state index contributed by atoms with van der Waals surface area (Å²) in [5.41, 5.74) is 0. The summed E-state index contributed by atoms with van der Waals surface area (Å²) in [5.74, 6) is 0. The Labute approximate surface area is 53.7 Å². The molecule has 1 aliphatic carbocycles. The molecule has 0 saturated heterocycles. The summed E-state index contributed by atoms with van der Waals surface area (Å²) in [5, 5.41) is 3.99. The fraction of sp³-hybridized carbons (Fsp3) is 0.667. The Morgan fingerprint density at radius 3 is 2.89 bits per heavy atom. The Morgan fingerprint density at radius 1 is 1.56 bits per heavy atom. The Kier molecular flexibility index (Phi) is 1.01. The van der Waals surface area contributed by atoms with Gasteiger partial charge in [0.15, 0.2) is 6.33 Å². The van der Waals surface area contributed by atoms with Crippen LogP contribution in [0.2, 0.25) is 0 Å². The van der Waals surface area contributed by atoms with Gasteiger partial charge < -0.3 is 0 Å². The van der Waals surface area contributed by atoms with Gasteiger partial charge in [-0.1, -0.05) is 0 Å². The van der Waals surface area contributed by atoms with Crippen LogP contribution >= 0.6 is 0 Å². The Morgan fingerprint density at radius 2 is 2.44 bits per heavy atom. The van der Waals surface area contributed by atoms with Gasteiger partial charge >= 0.3 is 0 Å². The highest BCUT2D eigenvalue weighted by Gasteiger charge is 2.19. The van der Waals surface area contributed by atoms with Crippen LogP contribution in [0.5, 0.6) is 0 Å². The van der Waals surface area contributed by atoms with Crippen LogP contribution in [-0.2, 0) is 0 Å². The summed E-state index contributed by atoms with van der Waals surface area (Å²) in [6.07, 6.45) is 8.17. The van der Waals surface area contributed by atoms with Crippen molar-refractivity contribution >= 4 is 0 Å². The maximum Gasteiger partial charge on any atom is 0.196 e. The molecule has 1 saturated carbocycles. The number of hydrogen-bond donors (Lipinski definition) is 0. The largest absolute Gasteiger partial charge is 0.240 e. The molecule has 0 aromatic carbocycles. The molecule has 2 rings (SSSR count). The summed E-state index contributed by atoms with van der Waals surface area (Å²) in [6, 6.07) is 0.604. The predicted octanol–water partition coefficient (Wildman–Crippen LogP) is 0.803. The maximum absolute atomic E-state index is 3.99. The molecular weight excluding hydrogens is 114 g/mol. The van der Waals surface area contributed by atoms with E-state index in [0.29, 0.717) is 6.04 Å². The molecule has 3 nitrogen and oxygen atoms in total. The average Bonchev–Trinajstić information content (AvgIpc) is 2.11. The first-order valence-corrected chi connectivity index (χ1v) is 3.24. The molecule has 47 valence electrons. The first kappa shape index (κ1) is 4.97. The highest BCUT2D eigenvalue weighted by Crippen LogP contribution is 2.29. The van der Waals surface area contributed by atoms with Crippen LogP contribution in [0.15, 0.2) is 6.33 Å². The second-order valence-electron chi connectivity index (χ2n) is 2.39. The Hall–Kier alpha value is -0.860. The Bertz CT molecular complexity index is 176. The fourth-order valence-corrected chi connectivity index (χ4v) is 0.999. The van der Waals surface area contributed by atoms with Gasteiger partial charge in [0.2, 0.25) is 0 Å². The van der Waals surface area contributed by atoms with Gasteiger partial charge in [0.1, 0.15) is 6.33 Å². The third-order valence-corrected chi connectivity index (χ3v) is 1.81. The zero-order valence-electron chi connectivity index (χ0n) is 5.12.